The molecule has 1 saturated heterocycles. The molecule has 3 unspecified atom stereocenters. The van der Waals surface area contributed by atoms with Gasteiger partial charge in [-0.3, -0.25) is 0 Å². The minimum atomic E-state index is -4.33. The Hall–Kier alpha value is -1.07. The Kier molecular flexibility index (Phi) is 3.64. The van der Waals surface area contributed by atoms with Crippen LogP contribution in [0.25, 0.3) is 0 Å². The lowest BCUT2D eigenvalue weighted by atomic mass is 9.88. The first-order valence-corrected chi connectivity index (χ1v) is 5.94. The van der Waals surface area contributed by atoms with Crippen LogP contribution in [0.1, 0.15) is 30.5 Å². The van der Waals surface area contributed by atoms with E-state index < -0.39 is 17.8 Å². The molecule has 2 N–H and O–H groups in total. The number of nitrogens with two attached hydrogens (primary N) is 1. The van der Waals surface area contributed by atoms with Crippen molar-refractivity contribution in [2.45, 2.75) is 31.7 Å². The van der Waals surface area contributed by atoms with E-state index in [1.807, 2.05) is 6.92 Å². The molecule has 0 amide bonds. The van der Waals surface area contributed by atoms with Crippen molar-refractivity contribution in [3.05, 3.63) is 35.4 Å². The molecule has 2 rings (SSSR count). The number of benzene rings is 1. The summed E-state index contributed by atoms with van der Waals surface area (Å²) in [5.74, 6) is 0.0773. The normalized spacial score (nSPS) is 26.3. The van der Waals surface area contributed by atoms with Crippen LogP contribution in [0.4, 0.5) is 13.2 Å². The van der Waals surface area contributed by atoms with Crippen LogP contribution < -0.4 is 5.73 Å². The highest BCUT2D eigenvalue weighted by Crippen LogP contribution is 2.35. The molecule has 3 atom stereocenters. The Morgan fingerprint density at radius 3 is 2.67 bits per heavy atom. The molecular formula is C13H16F3NO. The number of halogens is 3. The van der Waals surface area contributed by atoms with Gasteiger partial charge in [0.15, 0.2) is 0 Å². The molecule has 0 saturated carbocycles. The molecular weight excluding hydrogens is 243 g/mol. The highest BCUT2D eigenvalue weighted by molar-refractivity contribution is 5.28. The molecule has 1 fully saturated rings. The molecule has 1 aliphatic rings. The third kappa shape index (κ3) is 2.67. The SMILES string of the molecule is CC1OCCC1C(N)c1cccc(C(F)(F)F)c1. The van der Waals surface area contributed by atoms with Gasteiger partial charge in [0.25, 0.3) is 0 Å². The quantitative estimate of drug-likeness (QED) is 0.885. The van der Waals surface area contributed by atoms with Crippen molar-refractivity contribution in [2.24, 2.45) is 11.7 Å². The van der Waals surface area contributed by atoms with Crippen molar-refractivity contribution in [3.63, 3.8) is 0 Å². The Morgan fingerprint density at radius 1 is 1.39 bits per heavy atom. The summed E-state index contributed by atoms with van der Waals surface area (Å²) in [5, 5.41) is 0. The first-order chi connectivity index (χ1) is 8.39. The molecule has 0 aliphatic carbocycles. The Bertz CT molecular complexity index is 419. The predicted octanol–water partition coefficient (Wildman–Crippen LogP) is 3.13. The van der Waals surface area contributed by atoms with Gasteiger partial charge in [0.1, 0.15) is 0 Å². The molecule has 0 radical (unpaired) electrons. The second-order valence-corrected chi connectivity index (χ2v) is 4.68. The van der Waals surface area contributed by atoms with Crippen molar-refractivity contribution in [1.82, 2.24) is 0 Å². The highest BCUT2D eigenvalue weighted by atomic mass is 19.4. The average Bonchev–Trinajstić information content (AvgIpc) is 2.73. The van der Waals surface area contributed by atoms with Crippen molar-refractivity contribution < 1.29 is 17.9 Å². The number of hydrogen-bond acceptors (Lipinski definition) is 2. The van der Waals surface area contributed by atoms with Gasteiger partial charge in [0.05, 0.1) is 11.7 Å². The van der Waals surface area contributed by atoms with Gasteiger partial charge in [-0.15, -0.1) is 0 Å². The third-order valence-corrected chi connectivity index (χ3v) is 3.49. The second-order valence-electron chi connectivity index (χ2n) is 4.68. The second kappa shape index (κ2) is 4.90. The number of ether oxygens (including phenoxy) is 1. The fourth-order valence-electron chi connectivity index (χ4n) is 2.39. The lowest BCUT2D eigenvalue weighted by molar-refractivity contribution is -0.137. The standard InChI is InChI=1S/C13H16F3NO/c1-8-11(5-6-18-8)12(17)9-3-2-4-10(7-9)13(14,15)16/h2-4,7-8,11-12H,5-6,17H2,1H3. The average molecular weight is 259 g/mol. The largest absolute Gasteiger partial charge is 0.416 e. The lowest BCUT2D eigenvalue weighted by Gasteiger charge is -2.23. The van der Waals surface area contributed by atoms with Crippen molar-refractivity contribution >= 4 is 0 Å². The Balaban J connectivity index is 2.23. The van der Waals surface area contributed by atoms with Gasteiger partial charge in [0, 0.05) is 18.6 Å². The molecule has 1 heterocycles. The predicted molar refractivity (Wildman–Crippen MR) is 61.9 cm³/mol. The molecule has 2 nitrogen and oxygen atoms in total. The smallest absolute Gasteiger partial charge is 0.378 e. The van der Waals surface area contributed by atoms with Crippen molar-refractivity contribution in [3.8, 4) is 0 Å². The van der Waals surface area contributed by atoms with E-state index in [1.165, 1.54) is 6.07 Å². The minimum absolute atomic E-state index is 0.00505. The zero-order chi connectivity index (χ0) is 13.3. The molecule has 0 spiro atoms. The summed E-state index contributed by atoms with van der Waals surface area (Å²) in [6.07, 6.45) is -3.54. The molecule has 18 heavy (non-hydrogen) atoms. The Labute approximate surface area is 104 Å². The summed E-state index contributed by atoms with van der Waals surface area (Å²) < 4.78 is 43.3. The van der Waals surface area contributed by atoms with Crippen LogP contribution in [0, 0.1) is 5.92 Å². The summed E-state index contributed by atoms with van der Waals surface area (Å²) in [4.78, 5) is 0. The van der Waals surface area contributed by atoms with E-state index >= 15 is 0 Å². The molecule has 1 aromatic carbocycles. The van der Waals surface area contributed by atoms with Gasteiger partial charge in [-0.2, -0.15) is 13.2 Å². The van der Waals surface area contributed by atoms with Gasteiger partial charge in [0.2, 0.25) is 0 Å². The third-order valence-electron chi connectivity index (χ3n) is 3.49. The minimum Gasteiger partial charge on any atom is -0.378 e. The van der Waals surface area contributed by atoms with Crippen LogP contribution in [-0.2, 0) is 10.9 Å². The van der Waals surface area contributed by atoms with Crippen LogP contribution in [-0.4, -0.2) is 12.7 Å². The summed E-state index contributed by atoms with van der Waals surface area (Å²) in [7, 11) is 0. The van der Waals surface area contributed by atoms with E-state index in [2.05, 4.69) is 0 Å². The van der Waals surface area contributed by atoms with Gasteiger partial charge in [-0.25, -0.2) is 0 Å². The van der Waals surface area contributed by atoms with Crippen LogP contribution in [0.5, 0.6) is 0 Å². The maximum absolute atomic E-state index is 12.6. The summed E-state index contributed by atoms with van der Waals surface area (Å²) in [6, 6.07) is 4.83. The van der Waals surface area contributed by atoms with E-state index in [4.69, 9.17) is 10.5 Å². The molecule has 0 bridgehead atoms. The van der Waals surface area contributed by atoms with Crippen molar-refractivity contribution in [2.75, 3.05) is 6.61 Å². The molecule has 1 aliphatic heterocycles. The number of hydrogen-bond donors (Lipinski definition) is 1. The van der Waals surface area contributed by atoms with E-state index in [0.717, 1.165) is 18.6 Å². The van der Waals surface area contributed by atoms with Gasteiger partial charge < -0.3 is 10.5 Å². The topological polar surface area (TPSA) is 35.2 Å². The van der Waals surface area contributed by atoms with E-state index in [-0.39, 0.29) is 12.0 Å². The van der Waals surface area contributed by atoms with E-state index in [0.29, 0.717) is 12.2 Å². The number of rotatable bonds is 2. The zero-order valence-corrected chi connectivity index (χ0v) is 10.1. The van der Waals surface area contributed by atoms with E-state index in [1.54, 1.807) is 6.07 Å². The zero-order valence-electron chi connectivity index (χ0n) is 10.1. The fraction of sp³-hybridized carbons (Fsp3) is 0.538. The molecule has 100 valence electrons. The molecule has 5 heteroatoms. The summed E-state index contributed by atoms with van der Waals surface area (Å²) in [6.45, 7) is 2.53. The van der Waals surface area contributed by atoms with Crippen LogP contribution in [0.2, 0.25) is 0 Å². The maximum atomic E-state index is 12.6. The van der Waals surface area contributed by atoms with Crippen LogP contribution >= 0.6 is 0 Å². The van der Waals surface area contributed by atoms with E-state index in [9.17, 15) is 13.2 Å². The monoisotopic (exact) mass is 259 g/mol. The van der Waals surface area contributed by atoms with Gasteiger partial charge >= 0.3 is 6.18 Å². The first kappa shape index (κ1) is 13.4. The van der Waals surface area contributed by atoms with Gasteiger partial charge in [-0.1, -0.05) is 12.1 Å². The summed E-state index contributed by atoms with van der Waals surface area (Å²) in [5.41, 5.74) is 5.93. The van der Waals surface area contributed by atoms with Crippen LogP contribution in [0.3, 0.4) is 0 Å². The fourth-order valence-corrected chi connectivity index (χ4v) is 2.39. The first-order valence-electron chi connectivity index (χ1n) is 5.94. The Morgan fingerprint density at radius 2 is 2.11 bits per heavy atom. The van der Waals surface area contributed by atoms with Gasteiger partial charge in [-0.05, 0) is 31.0 Å². The molecule has 1 aromatic rings. The highest BCUT2D eigenvalue weighted by Gasteiger charge is 2.33. The lowest BCUT2D eigenvalue weighted by Crippen LogP contribution is -2.26. The van der Waals surface area contributed by atoms with Crippen molar-refractivity contribution in [1.29, 1.82) is 0 Å². The molecule has 0 aromatic heterocycles. The van der Waals surface area contributed by atoms with Crippen LogP contribution in [0.15, 0.2) is 24.3 Å². The number of alkyl halides is 3. The summed E-state index contributed by atoms with van der Waals surface area (Å²) >= 11 is 0. The maximum Gasteiger partial charge on any atom is 0.416 e.